The van der Waals surface area contributed by atoms with Gasteiger partial charge in [0.25, 0.3) is 0 Å². The standard InChI is InChI=1S/C16H17ClO2/c1-18-15-8-6-13(7-9-15)10-11-19-16-5-3-2-4-14(16)12-17/h2-9H,10-12H2,1H3. The number of ether oxygens (including phenoxy) is 2. The fourth-order valence-corrected chi connectivity index (χ4v) is 2.05. The predicted octanol–water partition coefficient (Wildman–Crippen LogP) is 4.06. The molecule has 2 rings (SSSR count). The number of rotatable bonds is 6. The van der Waals surface area contributed by atoms with Crippen LogP contribution >= 0.6 is 11.6 Å². The smallest absolute Gasteiger partial charge is 0.123 e. The third-order valence-electron chi connectivity index (χ3n) is 2.92. The van der Waals surface area contributed by atoms with Crippen molar-refractivity contribution in [1.29, 1.82) is 0 Å². The molecule has 2 nitrogen and oxygen atoms in total. The van der Waals surface area contributed by atoms with Gasteiger partial charge in [-0.15, -0.1) is 11.6 Å². The number of benzene rings is 2. The first-order valence-corrected chi connectivity index (χ1v) is 6.76. The average Bonchev–Trinajstić information content (AvgIpc) is 2.48. The van der Waals surface area contributed by atoms with Crippen molar-refractivity contribution >= 4 is 11.6 Å². The van der Waals surface area contributed by atoms with Crippen molar-refractivity contribution in [3.63, 3.8) is 0 Å². The monoisotopic (exact) mass is 276 g/mol. The summed E-state index contributed by atoms with van der Waals surface area (Å²) in [5.41, 5.74) is 2.25. The molecule has 0 atom stereocenters. The molecule has 0 N–H and O–H groups in total. The molecule has 0 spiro atoms. The molecule has 0 radical (unpaired) electrons. The first kappa shape index (κ1) is 13.8. The maximum atomic E-state index is 5.87. The van der Waals surface area contributed by atoms with Gasteiger partial charge in [0, 0.05) is 12.0 Å². The van der Waals surface area contributed by atoms with Crippen LogP contribution in [-0.2, 0) is 12.3 Å². The van der Waals surface area contributed by atoms with Gasteiger partial charge in [-0.1, -0.05) is 30.3 Å². The van der Waals surface area contributed by atoms with E-state index in [4.69, 9.17) is 21.1 Å². The lowest BCUT2D eigenvalue weighted by molar-refractivity contribution is 0.319. The molecule has 0 amide bonds. The van der Waals surface area contributed by atoms with Gasteiger partial charge >= 0.3 is 0 Å². The van der Waals surface area contributed by atoms with Crippen LogP contribution in [0.4, 0.5) is 0 Å². The Morgan fingerprint density at radius 1 is 1.00 bits per heavy atom. The van der Waals surface area contributed by atoms with E-state index < -0.39 is 0 Å². The molecule has 3 heteroatoms. The minimum absolute atomic E-state index is 0.471. The van der Waals surface area contributed by atoms with Crippen LogP contribution in [0.5, 0.6) is 11.5 Å². The van der Waals surface area contributed by atoms with E-state index in [1.54, 1.807) is 7.11 Å². The van der Waals surface area contributed by atoms with E-state index in [1.807, 2.05) is 36.4 Å². The van der Waals surface area contributed by atoms with Gasteiger partial charge < -0.3 is 9.47 Å². The van der Waals surface area contributed by atoms with E-state index in [-0.39, 0.29) is 0 Å². The van der Waals surface area contributed by atoms with Gasteiger partial charge in [-0.2, -0.15) is 0 Å². The Balaban J connectivity index is 1.88. The van der Waals surface area contributed by atoms with Gasteiger partial charge in [-0.25, -0.2) is 0 Å². The van der Waals surface area contributed by atoms with Gasteiger partial charge in [0.1, 0.15) is 11.5 Å². The zero-order chi connectivity index (χ0) is 13.5. The Labute approximate surface area is 118 Å². The molecule has 19 heavy (non-hydrogen) atoms. The molecule has 0 heterocycles. The van der Waals surface area contributed by atoms with Crippen molar-refractivity contribution in [3.05, 3.63) is 59.7 Å². The van der Waals surface area contributed by atoms with Crippen molar-refractivity contribution in [2.24, 2.45) is 0 Å². The van der Waals surface area contributed by atoms with Crippen LogP contribution in [-0.4, -0.2) is 13.7 Å². The van der Waals surface area contributed by atoms with E-state index in [0.29, 0.717) is 12.5 Å². The van der Waals surface area contributed by atoms with Crippen LogP contribution in [0.3, 0.4) is 0 Å². The normalized spacial score (nSPS) is 10.2. The third-order valence-corrected chi connectivity index (χ3v) is 3.21. The maximum absolute atomic E-state index is 5.87. The Hall–Kier alpha value is -1.67. The minimum Gasteiger partial charge on any atom is -0.497 e. The topological polar surface area (TPSA) is 18.5 Å². The summed E-state index contributed by atoms with van der Waals surface area (Å²) in [7, 11) is 1.67. The van der Waals surface area contributed by atoms with Crippen molar-refractivity contribution in [2.75, 3.05) is 13.7 Å². The molecule has 0 unspecified atom stereocenters. The Kier molecular flexibility index (Phi) is 5.10. The van der Waals surface area contributed by atoms with Gasteiger partial charge in [0.2, 0.25) is 0 Å². The second-order valence-corrected chi connectivity index (χ2v) is 4.46. The summed E-state index contributed by atoms with van der Waals surface area (Å²) in [6, 6.07) is 15.9. The highest BCUT2D eigenvalue weighted by Crippen LogP contribution is 2.20. The number of para-hydroxylation sites is 1. The fraction of sp³-hybridized carbons (Fsp3) is 0.250. The SMILES string of the molecule is COc1ccc(CCOc2ccccc2CCl)cc1. The van der Waals surface area contributed by atoms with Crippen molar-refractivity contribution in [1.82, 2.24) is 0 Å². The first-order chi connectivity index (χ1) is 9.33. The van der Waals surface area contributed by atoms with Crippen molar-refractivity contribution in [3.8, 4) is 11.5 Å². The summed E-state index contributed by atoms with van der Waals surface area (Å²) in [4.78, 5) is 0. The van der Waals surface area contributed by atoms with Gasteiger partial charge in [-0.3, -0.25) is 0 Å². The molecule has 0 bridgehead atoms. The number of halogens is 1. The molecule has 100 valence electrons. The van der Waals surface area contributed by atoms with Crippen molar-refractivity contribution < 1.29 is 9.47 Å². The van der Waals surface area contributed by atoms with E-state index >= 15 is 0 Å². The molecule has 0 aliphatic rings. The zero-order valence-corrected chi connectivity index (χ0v) is 11.7. The summed E-state index contributed by atoms with van der Waals surface area (Å²) < 4.78 is 10.9. The molecular weight excluding hydrogens is 260 g/mol. The van der Waals surface area contributed by atoms with Crippen LogP contribution < -0.4 is 9.47 Å². The largest absolute Gasteiger partial charge is 0.497 e. The van der Waals surface area contributed by atoms with Crippen LogP contribution in [0, 0.1) is 0 Å². The van der Waals surface area contributed by atoms with Gasteiger partial charge in [-0.05, 0) is 23.8 Å². The molecule has 0 fully saturated rings. The van der Waals surface area contributed by atoms with Gasteiger partial charge in [0.15, 0.2) is 0 Å². The van der Waals surface area contributed by atoms with E-state index in [9.17, 15) is 0 Å². The number of methoxy groups -OCH3 is 1. The highest BCUT2D eigenvalue weighted by atomic mass is 35.5. The van der Waals surface area contributed by atoms with Crippen LogP contribution in [0.25, 0.3) is 0 Å². The van der Waals surface area contributed by atoms with Crippen LogP contribution in [0.2, 0.25) is 0 Å². The second kappa shape index (κ2) is 7.05. The second-order valence-electron chi connectivity index (χ2n) is 4.19. The number of alkyl halides is 1. The molecule has 2 aromatic carbocycles. The molecule has 2 aromatic rings. The molecule has 0 aromatic heterocycles. The van der Waals surface area contributed by atoms with Crippen molar-refractivity contribution in [2.45, 2.75) is 12.3 Å². The molecule has 0 aliphatic heterocycles. The Bertz CT molecular complexity index is 508. The average molecular weight is 277 g/mol. The van der Waals surface area contributed by atoms with E-state index in [0.717, 1.165) is 23.5 Å². The Morgan fingerprint density at radius 3 is 2.42 bits per heavy atom. The van der Waals surface area contributed by atoms with E-state index in [1.165, 1.54) is 5.56 Å². The lowest BCUT2D eigenvalue weighted by Crippen LogP contribution is -2.02. The number of hydrogen-bond donors (Lipinski definition) is 0. The lowest BCUT2D eigenvalue weighted by Gasteiger charge is -2.10. The summed E-state index contributed by atoms with van der Waals surface area (Å²) >= 11 is 5.87. The summed E-state index contributed by atoms with van der Waals surface area (Å²) in [6.07, 6.45) is 0.862. The maximum Gasteiger partial charge on any atom is 0.123 e. The van der Waals surface area contributed by atoms with Crippen LogP contribution in [0.1, 0.15) is 11.1 Å². The van der Waals surface area contributed by atoms with E-state index in [2.05, 4.69) is 12.1 Å². The van der Waals surface area contributed by atoms with Crippen LogP contribution in [0.15, 0.2) is 48.5 Å². The minimum atomic E-state index is 0.471. The zero-order valence-electron chi connectivity index (χ0n) is 10.9. The molecular formula is C16H17ClO2. The lowest BCUT2D eigenvalue weighted by atomic mass is 10.1. The quantitative estimate of drug-likeness (QED) is 0.741. The van der Waals surface area contributed by atoms with Gasteiger partial charge in [0.05, 0.1) is 19.6 Å². The first-order valence-electron chi connectivity index (χ1n) is 6.23. The third kappa shape index (κ3) is 3.90. The molecule has 0 saturated heterocycles. The fourth-order valence-electron chi connectivity index (χ4n) is 1.83. The summed E-state index contributed by atoms with van der Waals surface area (Å²) in [5.74, 6) is 2.21. The highest BCUT2D eigenvalue weighted by molar-refractivity contribution is 6.17. The summed E-state index contributed by atoms with van der Waals surface area (Å²) in [6.45, 7) is 0.639. The highest BCUT2D eigenvalue weighted by Gasteiger charge is 2.01. The predicted molar refractivity (Wildman–Crippen MR) is 78.2 cm³/mol. The Morgan fingerprint density at radius 2 is 1.74 bits per heavy atom. The molecule has 0 aliphatic carbocycles. The molecule has 0 saturated carbocycles. The number of hydrogen-bond acceptors (Lipinski definition) is 2. The summed E-state index contributed by atoms with van der Waals surface area (Å²) in [5, 5.41) is 0.